The molecule has 31 heavy (non-hydrogen) atoms. The van der Waals surface area contributed by atoms with Gasteiger partial charge in [0.05, 0.1) is 26.4 Å². The van der Waals surface area contributed by atoms with Gasteiger partial charge in [0.2, 0.25) is 0 Å². The molecule has 1 heterocycles. The highest BCUT2D eigenvalue weighted by Gasteiger charge is 2.17. The summed E-state index contributed by atoms with van der Waals surface area (Å²) in [6.07, 6.45) is 3.30. The quantitative estimate of drug-likeness (QED) is 0.334. The number of imidazole rings is 1. The fourth-order valence-electron chi connectivity index (χ4n) is 3.29. The average Bonchev–Trinajstić information content (AvgIpc) is 3.25. The average molecular weight is 475 g/mol. The first-order chi connectivity index (χ1) is 14.8. The smallest absolute Gasteiger partial charge is 0.178 e. The number of rotatable bonds is 5. The molecule has 0 aliphatic carbocycles. The van der Waals surface area contributed by atoms with Gasteiger partial charge in [0.1, 0.15) is 11.6 Å². The predicted octanol–water partition coefficient (Wildman–Crippen LogP) is 6.45. The third-order valence-corrected chi connectivity index (χ3v) is 7.37. The van der Waals surface area contributed by atoms with Crippen LogP contribution in [0.2, 0.25) is 10.0 Å². The molecule has 3 aromatic carbocycles. The molecule has 158 valence electrons. The van der Waals surface area contributed by atoms with Crippen LogP contribution in [0.4, 0.5) is 4.39 Å². The van der Waals surface area contributed by atoms with Crippen LogP contribution in [0.5, 0.6) is 0 Å². The van der Waals surface area contributed by atoms with Crippen LogP contribution in [0, 0.1) is 5.82 Å². The Morgan fingerprint density at radius 1 is 1.00 bits per heavy atom. The number of benzene rings is 3. The molecule has 4 nitrogen and oxygen atoms in total. The maximum atomic E-state index is 13.9. The molecular weight excluding hydrogens is 458 g/mol. The maximum Gasteiger partial charge on any atom is 0.178 e. The number of hydrogen-bond acceptors (Lipinski definition) is 3. The number of hydrogen-bond donors (Lipinski definition) is 0. The largest absolute Gasteiger partial charge is 0.298 e. The minimum Gasteiger partial charge on any atom is -0.298 e. The molecule has 0 bridgehead atoms. The van der Waals surface area contributed by atoms with Gasteiger partial charge < -0.3 is 0 Å². The van der Waals surface area contributed by atoms with E-state index < -0.39 is 15.7 Å². The van der Waals surface area contributed by atoms with Crippen LogP contribution in [0.15, 0.2) is 78.0 Å². The highest BCUT2D eigenvalue weighted by molar-refractivity contribution is 7.91. The monoisotopic (exact) mass is 474 g/mol. The lowest BCUT2D eigenvalue weighted by Crippen LogP contribution is -2.03. The van der Waals surface area contributed by atoms with Crippen LogP contribution in [0.25, 0.3) is 28.2 Å². The number of halogens is 3. The summed E-state index contributed by atoms with van der Waals surface area (Å²) in [5.74, 6) is -0.0467. The Kier molecular flexibility index (Phi) is 5.88. The van der Waals surface area contributed by atoms with Crippen molar-refractivity contribution < 1.29 is 12.8 Å². The van der Waals surface area contributed by atoms with Crippen molar-refractivity contribution in [2.75, 3.05) is 5.75 Å². The van der Waals surface area contributed by atoms with Crippen LogP contribution < -0.4 is 0 Å². The van der Waals surface area contributed by atoms with Crippen LogP contribution in [-0.4, -0.2) is 23.7 Å². The first kappa shape index (κ1) is 21.6. The van der Waals surface area contributed by atoms with Crippen molar-refractivity contribution in [2.45, 2.75) is 11.8 Å². The highest BCUT2D eigenvalue weighted by Crippen LogP contribution is 2.34. The van der Waals surface area contributed by atoms with E-state index in [2.05, 4.69) is 4.98 Å². The number of nitrogens with zero attached hydrogens (tertiary/aromatic N) is 2. The molecule has 0 aliphatic rings. The van der Waals surface area contributed by atoms with Gasteiger partial charge in [0.15, 0.2) is 9.84 Å². The Morgan fingerprint density at radius 2 is 1.74 bits per heavy atom. The summed E-state index contributed by atoms with van der Waals surface area (Å²) in [6.45, 7) is 1.61. The summed E-state index contributed by atoms with van der Waals surface area (Å²) in [6, 6.07) is 16.7. The van der Waals surface area contributed by atoms with Gasteiger partial charge in [-0.05, 0) is 47.5 Å². The van der Waals surface area contributed by atoms with Crippen molar-refractivity contribution in [3.63, 3.8) is 0 Å². The van der Waals surface area contributed by atoms with Crippen LogP contribution in [0.1, 0.15) is 6.92 Å². The lowest BCUT2D eigenvalue weighted by atomic mass is 10.1. The fraction of sp³-hybridized carbons (Fsp3) is 0.0870. The van der Waals surface area contributed by atoms with Crippen molar-refractivity contribution in [1.29, 1.82) is 0 Å². The summed E-state index contributed by atoms with van der Waals surface area (Å²) in [7, 11) is -3.31. The van der Waals surface area contributed by atoms with Crippen molar-refractivity contribution in [2.24, 2.45) is 0 Å². The van der Waals surface area contributed by atoms with E-state index in [0.717, 1.165) is 11.1 Å². The molecule has 0 aliphatic heterocycles. The molecule has 0 spiro atoms. The van der Waals surface area contributed by atoms with Gasteiger partial charge in [-0.15, -0.1) is 0 Å². The van der Waals surface area contributed by atoms with Gasteiger partial charge in [-0.2, -0.15) is 0 Å². The Morgan fingerprint density at radius 3 is 2.48 bits per heavy atom. The van der Waals surface area contributed by atoms with Crippen molar-refractivity contribution in [3.8, 4) is 28.2 Å². The van der Waals surface area contributed by atoms with E-state index in [1.54, 1.807) is 66.3 Å². The molecule has 4 aromatic rings. The Balaban J connectivity index is 1.77. The van der Waals surface area contributed by atoms with Crippen LogP contribution in [0.3, 0.4) is 0 Å². The Hall–Kier alpha value is -2.67. The summed E-state index contributed by atoms with van der Waals surface area (Å²) in [5, 5.41) is 0.407. The lowest BCUT2D eigenvalue weighted by molar-refractivity contribution is 0.597. The molecule has 1 aromatic heterocycles. The van der Waals surface area contributed by atoms with Crippen molar-refractivity contribution >= 4 is 33.0 Å². The van der Waals surface area contributed by atoms with E-state index in [9.17, 15) is 12.8 Å². The first-order valence-electron chi connectivity index (χ1n) is 9.42. The zero-order valence-corrected chi connectivity index (χ0v) is 18.7. The van der Waals surface area contributed by atoms with Gasteiger partial charge in [-0.1, -0.05) is 54.4 Å². The topological polar surface area (TPSA) is 52.0 Å². The SMILES string of the molecule is CCS(=O)(=O)c1cccc(-c2ccc(-n3ccnc3-c3cccc(F)c3Cl)c(Cl)c2)c1. The fourth-order valence-corrected chi connectivity index (χ4v) is 4.70. The van der Waals surface area contributed by atoms with E-state index in [4.69, 9.17) is 23.2 Å². The molecule has 8 heteroatoms. The molecule has 0 radical (unpaired) electrons. The summed E-state index contributed by atoms with van der Waals surface area (Å²) >= 11 is 12.7. The molecule has 0 unspecified atom stereocenters. The Labute approximate surface area is 189 Å². The normalized spacial score (nSPS) is 11.6. The standard InChI is InChI=1S/C23H17Cl2FN2O2S/c1-2-31(29,30)17-6-3-5-15(13-17)16-9-10-21(19(24)14-16)28-12-11-27-23(28)18-7-4-8-20(26)22(18)25/h3-14H,2H2,1H3. The second-order valence-electron chi connectivity index (χ2n) is 6.82. The van der Waals surface area contributed by atoms with Crippen LogP contribution in [-0.2, 0) is 9.84 Å². The molecular formula is C23H17Cl2FN2O2S. The minimum atomic E-state index is -3.31. The van der Waals surface area contributed by atoms with Crippen molar-refractivity contribution in [1.82, 2.24) is 9.55 Å². The zero-order chi connectivity index (χ0) is 22.2. The third-order valence-electron chi connectivity index (χ3n) is 4.95. The third kappa shape index (κ3) is 4.11. The number of aromatic nitrogens is 2. The van der Waals surface area contributed by atoms with Crippen LogP contribution >= 0.6 is 23.2 Å². The van der Waals surface area contributed by atoms with E-state index in [-0.39, 0.29) is 15.7 Å². The molecule has 0 amide bonds. The van der Waals surface area contributed by atoms with Gasteiger partial charge in [-0.25, -0.2) is 17.8 Å². The molecule has 0 saturated heterocycles. The highest BCUT2D eigenvalue weighted by atomic mass is 35.5. The zero-order valence-electron chi connectivity index (χ0n) is 16.4. The van der Waals surface area contributed by atoms with Gasteiger partial charge in [0, 0.05) is 18.0 Å². The van der Waals surface area contributed by atoms with Gasteiger partial charge >= 0.3 is 0 Å². The molecule has 4 rings (SSSR count). The summed E-state index contributed by atoms with van der Waals surface area (Å²) in [5.41, 5.74) is 2.59. The van der Waals surface area contributed by atoms with E-state index in [0.29, 0.717) is 22.1 Å². The number of sulfone groups is 1. The predicted molar refractivity (Wildman–Crippen MR) is 122 cm³/mol. The maximum absolute atomic E-state index is 13.9. The second-order valence-corrected chi connectivity index (χ2v) is 9.88. The van der Waals surface area contributed by atoms with Crippen molar-refractivity contribution in [3.05, 3.63) is 88.9 Å². The van der Waals surface area contributed by atoms with E-state index in [1.807, 2.05) is 12.1 Å². The Bertz CT molecular complexity index is 1380. The van der Waals surface area contributed by atoms with E-state index in [1.165, 1.54) is 6.07 Å². The molecule has 0 N–H and O–H groups in total. The minimum absolute atomic E-state index is 0.0170. The summed E-state index contributed by atoms with van der Waals surface area (Å²) in [4.78, 5) is 4.59. The lowest BCUT2D eigenvalue weighted by Gasteiger charge is -2.13. The molecule has 0 saturated carbocycles. The first-order valence-corrected chi connectivity index (χ1v) is 11.8. The van der Waals surface area contributed by atoms with Gasteiger partial charge in [-0.3, -0.25) is 4.57 Å². The second kappa shape index (κ2) is 8.46. The van der Waals surface area contributed by atoms with Gasteiger partial charge in [0.25, 0.3) is 0 Å². The molecule has 0 fully saturated rings. The van der Waals surface area contributed by atoms with E-state index >= 15 is 0 Å². The molecule has 0 atom stereocenters. The summed E-state index contributed by atoms with van der Waals surface area (Å²) < 4.78 is 40.1.